The Balaban J connectivity index is 0.00000176. The van der Waals surface area contributed by atoms with Crippen molar-refractivity contribution in [3.05, 3.63) is 28.8 Å². The fourth-order valence-corrected chi connectivity index (χ4v) is 4.59. The van der Waals surface area contributed by atoms with Crippen molar-refractivity contribution < 1.29 is 21.6 Å². The first-order valence-corrected chi connectivity index (χ1v) is 8.16. The van der Waals surface area contributed by atoms with Crippen molar-refractivity contribution in [2.45, 2.75) is 17.1 Å². The van der Waals surface area contributed by atoms with E-state index in [2.05, 4.69) is 10.0 Å². The van der Waals surface area contributed by atoms with Gasteiger partial charge in [-0.1, -0.05) is 11.6 Å². The second-order valence-corrected chi connectivity index (χ2v) is 7.37. The zero-order valence-electron chi connectivity index (χ0n) is 11.0. The average molecular weight is 377 g/mol. The summed E-state index contributed by atoms with van der Waals surface area (Å²) in [5.41, 5.74) is -1.04. The molecule has 2 atom stereocenters. The zero-order chi connectivity index (χ0) is 15.4. The number of alkyl halides is 3. The Hall–Kier alpha value is -0.540. The van der Waals surface area contributed by atoms with Gasteiger partial charge < -0.3 is 5.32 Å². The fourth-order valence-electron chi connectivity index (χ4n) is 2.72. The van der Waals surface area contributed by atoms with Gasteiger partial charge in [0.25, 0.3) is 0 Å². The molecular weight excluding hydrogens is 364 g/mol. The van der Waals surface area contributed by atoms with E-state index >= 15 is 0 Å². The maximum atomic E-state index is 12.7. The van der Waals surface area contributed by atoms with Gasteiger partial charge in [0.1, 0.15) is 4.90 Å². The molecule has 1 aromatic carbocycles. The van der Waals surface area contributed by atoms with E-state index in [1.165, 1.54) is 0 Å². The lowest BCUT2D eigenvalue weighted by Gasteiger charge is -2.13. The number of halogens is 5. The first-order valence-electron chi connectivity index (χ1n) is 6.30. The molecule has 10 heteroatoms. The second kappa shape index (κ2) is 5.83. The molecule has 1 saturated heterocycles. The summed E-state index contributed by atoms with van der Waals surface area (Å²) in [6, 6.07) is 2.06. The van der Waals surface area contributed by atoms with Crippen molar-refractivity contribution in [2.24, 2.45) is 11.8 Å². The van der Waals surface area contributed by atoms with Crippen LogP contribution in [0.15, 0.2) is 23.1 Å². The standard InChI is InChI=1S/C12H12ClF3N2O2S.ClH/c13-9-2-1-6(12(14,15)16)3-10(9)21(19,20)18-11-7-4-17-5-8(7)11;/h1-3,7-8,11,17-18H,4-5H2;1H. The van der Waals surface area contributed by atoms with E-state index in [4.69, 9.17) is 11.6 Å². The van der Waals surface area contributed by atoms with Crippen molar-refractivity contribution in [3.8, 4) is 0 Å². The predicted octanol–water partition coefficient (Wildman–Crippen LogP) is 2.28. The molecule has 2 fully saturated rings. The summed E-state index contributed by atoms with van der Waals surface area (Å²) in [5, 5.41) is 2.89. The van der Waals surface area contributed by atoms with Crippen LogP contribution in [0.4, 0.5) is 13.2 Å². The molecule has 0 radical (unpaired) electrons. The zero-order valence-corrected chi connectivity index (χ0v) is 13.4. The van der Waals surface area contributed by atoms with Gasteiger partial charge in [0, 0.05) is 6.04 Å². The minimum Gasteiger partial charge on any atom is -0.316 e. The van der Waals surface area contributed by atoms with Gasteiger partial charge in [0.15, 0.2) is 0 Å². The number of piperidine rings is 1. The van der Waals surface area contributed by atoms with Crippen LogP contribution in [-0.2, 0) is 16.2 Å². The molecule has 0 bridgehead atoms. The number of sulfonamides is 1. The Morgan fingerprint density at radius 3 is 2.36 bits per heavy atom. The van der Waals surface area contributed by atoms with E-state index in [9.17, 15) is 21.6 Å². The average Bonchev–Trinajstić information content (AvgIpc) is 2.82. The molecule has 124 valence electrons. The van der Waals surface area contributed by atoms with Crippen LogP contribution in [0.5, 0.6) is 0 Å². The highest BCUT2D eigenvalue weighted by atomic mass is 35.5. The Kier molecular flexibility index (Phi) is 4.72. The molecule has 0 aromatic heterocycles. The molecule has 4 nitrogen and oxygen atoms in total. The first kappa shape index (κ1) is 17.8. The number of nitrogens with one attached hydrogen (secondary N) is 2. The molecule has 2 aliphatic rings. The van der Waals surface area contributed by atoms with Crippen LogP contribution < -0.4 is 10.0 Å². The molecule has 3 rings (SSSR count). The molecule has 1 aromatic rings. The number of hydrogen-bond acceptors (Lipinski definition) is 3. The Morgan fingerprint density at radius 1 is 1.23 bits per heavy atom. The van der Waals surface area contributed by atoms with Crippen molar-refractivity contribution >= 4 is 34.0 Å². The van der Waals surface area contributed by atoms with Gasteiger partial charge in [-0.2, -0.15) is 13.2 Å². The van der Waals surface area contributed by atoms with Gasteiger partial charge in [-0.15, -0.1) is 12.4 Å². The van der Waals surface area contributed by atoms with Crippen LogP contribution in [0.2, 0.25) is 5.02 Å². The van der Waals surface area contributed by atoms with Crippen LogP contribution in [-0.4, -0.2) is 27.5 Å². The van der Waals surface area contributed by atoms with Crippen LogP contribution in [0, 0.1) is 11.8 Å². The van der Waals surface area contributed by atoms with E-state index < -0.39 is 26.7 Å². The van der Waals surface area contributed by atoms with Crippen LogP contribution in [0.25, 0.3) is 0 Å². The monoisotopic (exact) mass is 376 g/mol. The van der Waals surface area contributed by atoms with Crippen LogP contribution in [0.1, 0.15) is 5.56 Å². The molecule has 1 saturated carbocycles. The van der Waals surface area contributed by atoms with Gasteiger partial charge in [0.05, 0.1) is 10.6 Å². The van der Waals surface area contributed by atoms with E-state index in [0.717, 1.165) is 12.1 Å². The highest BCUT2D eigenvalue weighted by Gasteiger charge is 2.54. The van der Waals surface area contributed by atoms with Gasteiger partial charge in [-0.3, -0.25) is 0 Å². The molecule has 1 aliphatic heterocycles. The van der Waals surface area contributed by atoms with Crippen molar-refractivity contribution in [1.82, 2.24) is 10.0 Å². The topological polar surface area (TPSA) is 58.2 Å². The number of benzene rings is 1. The molecular formula is C12H13Cl2F3N2O2S. The third-order valence-corrected chi connectivity index (χ3v) is 5.87. The van der Waals surface area contributed by atoms with Gasteiger partial charge >= 0.3 is 6.18 Å². The molecule has 1 heterocycles. The lowest BCUT2D eigenvalue weighted by atomic mass is 10.2. The molecule has 0 amide bonds. The largest absolute Gasteiger partial charge is 0.416 e. The fraction of sp³-hybridized carbons (Fsp3) is 0.500. The Bertz CT molecular complexity index is 671. The summed E-state index contributed by atoms with van der Waals surface area (Å²) in [7, 11) is -4.06. The molecule has 2 unspecified atom stereocenters. The minimum atomic E-state index is -4.62. The molecule has 1 aliphatic carbocycles. The van der Waals surface area contributed by atoms with E-state index in [1.807, 2.05) is 0 Å². The highest BCUT2D eigenvalue weighted by Crippen LogP contribution is 2.43. The summed E-state index contributed by atoms with van der Waals surface area (Å²) >= 11 is 5.76. The van der Waals surface area contributed by atoms with E-state index in [-0.39, 0.29) is 35.3 Å². The SMILES string of the molecule is Cl.O=S(=O)(NC1C2CNCC21)c1cc(C(F)(F)F)ccc1Cl. The lowest BCUT2D eigenvalue weighted by molar-refractivity contribution is -0.137. The smallest absolute Gasteiger partial charge is 0.316 e. The summed E-state index contributed by atoms with van der Waals surface area (Å²) in [6.07, 6.45) is -4.62. The summed E-state index contributed by atoms with van der Waals surface area (Å²) in [4.78, 5) is -0.531. The maximum absolute atomic E-state index is 12.7. The second-order valence-electron chi connectivity index (χ2n) is 5.28. The Labute approximate surface area is 136 Å². The quantitative estimate of drug-likeness (QED) is 0.850. The summed E-state index contributed by atoms with van der Waals surface area (Å²) < 4.78 is 65.0. The Morgan fingerprint density at radius 2 is 1.82 bits per heavy atom. The van der Waals surface area contributed by atoms with Crippen molar-refractivity contribution in [1.29, 1.82) is 0 Å². The van der Waals surface area contributed by atoms with E-state index in [0.29, 0.717) is 19.2 Å². The van der Waals surface area contributed by atoms with Gasteiger partial charge in [0.2, 0.25) is 10.0 Å². The third kappa shape index (κ3) is 3.21. The normalized spacial score (nSPS) is 27.2. The van der Waals surface area contributed by atoms with E-state index in [1.54, 1.807) is 0 Å². The van der Waals surface area contributed by atoms with Crippen molar-refractivity contribution in [3.63, 3.8) is 0 Å². The molecule has 22 heavy (non-hydrogen) atoms. The number of hydrogen-bond donors (Lipinski definition) is 2. The minimum absolute atomic E-state index is 0. The molecule has 0 spiro atoms. The number of fused-ring (bicyclic) bond motifs is 1. The number of rotatable bonds is 3. The molecule has 2 N–H and O–H groups in total. The predicted molar refractivity (Wildman–Crippen MR) is 77.7 cm³/mol. The summed E-state index contributed by atoms with van der Waals surface area (Å²) in [6.45, 7) is 1.43. The third-order valence-electron chi connectivity index (χ3n) is 3.93. The van der Waals surface area contributed by atoms with Crippen LogP contribution in [0.3, 0.4) is 0 Å². The first-order chi connectivity index (χ1) is 9.70. The van der Waals surface area contributed by atoms with Gasteiger partial charge in [-0.25, -0.2) is 13.1 Å². The lowest BCUT2D eigenvalue weighted by Crippen LogP contribution is -2.32. The maximum Gasteiger partial charge on any atom is 0.416 e. The van der Waals surface area contributed by atoms with Crippen molar-refractivity contribution in [2.75, 3.05) is 13.1 Å². The van der Waals surface area contributed by atoms with Gasteiger partial charge in [-0.05, 0) is 43.1 Å². The van der Waals surface area contributed by atoms with Crippen LogP contribution >= 0.6 is 24.0 Å². The highest BCUT2D eigenvalue weighted by molar-refractivity contribution is 7.89. The summed E-state index contributed by atoms with van der Waals surface area (Å²) in [5.74, 6) is 0.425.